The van der Waals surface area contributed by atoms with Gasteiger partial charge in [0, 0.05) is 56.1 Å². The molecule has 0 radical (unpaired) electrons. The summed E-state index contributed by atoms with van der Waals surface area (Å²) in [6, 6.07) is 2.06. The van der Waals surface area contributed by atoms with Gasteiger partial charge >= 0.3 is 6.01 Å². The molecular weight excluding hydrogens is 344 g/mol. The van der Waals surface area contributed by atoms with Crippen molar-refractivity contribution in [1.29, 1.82) is 0 Å². The second-order valence-electron chi connectivity index (χ2n) is 7.34. The minimum absolute atomic E-state index is 0.0532. The van der Waals surface area contributed by atoms with Crippen molar-refractivity contribution in [3.8, 4) is 6.01 Å². The first-order valence-corrected chi connectivity index (χ1v) is 9.65. The average Bonchev–Trinajstić information content (AvgIpc) is 3.23. The van der Waals surface area contributed by atoms with Gasteiger partial charge in [0.15, 0.2) is 0 Å². The van der Waals surface area contributed by atoms with E-state index in [9.17, 15) is 4.79 Å². The molecule has 4 heterocycles. The Balaban J connectivity index is 1.46. The summed E-state index contributed by atoms with van der Waals surface area (Å²) in [4.78, 5) is 32.8. The molecule has 0 bridgehead atoms. The molecule has 0 saturated carbocycles. The summed E-state index contributed by atoms with van der Waals surface area (Å²) in [5.74, 6) is 1.01. The first-order valence-electron chi connectivity index (χ1n) is 9.65. The maximum Gasteiger partial charge on any atom is 0.316 e. The lowest BCUT2D eigenvalue weighted by Gasteiger charge is -2.32. The number of hydrogen-bond donors (Lipinski definition) is 1. The van der Waals surface area contributed by atoms with Crippen LogP contribution in [0.25, 0.3) is 0 Å². The minimum Gasteiger partial charge on any atom is -0.467 e. The molecule has 4 rings (SSSR count). The SMILES string of the molecule is COc1ncc(CN2CCCC(c3cc(=O)[nH]c(N4CCCC4)n3)C2)cn1. The zero-order valence-electron chi connectivity index (χ0n) is 15.7. The molecule has 2 saturated heterocycles. The maximum absolute atomic E-state index is 12.2. The lowest BCUT2D eigenvalue weighted by molar-refractivity contribution is 0.198. The van der Waals surface area contributed by atoms with E-state index in [2.05, 4.69) is 24.8 Å². The van der Waals surface area contributed by atoms with Crippen LogP contribution in [-0.4, -0.2) is 58.1 Å². The first-order chi connectivity index (χ1) is 13.2. The molecule has 8 heteroatoms. The number of nitrogens with one attached hydrogen (secondary N) is 1. The first kappa shape index (κ1) is 17.9. The lowest BCUT2D eigenvalue weighted by atomic mass is 9.94. The highest BCUT2D eigenvalue weighted by atomic mass is 16.5. The Hall–Kier alpha value is -2.48. The fourth-order valence-electron chi connectivity index (χ4n) is 3.98. The summed E-state index contributed by atoms with van der Waals surface area (Å²) in [5.41, 5.74) is 1.92. The van der Waals surface area contributed by atoms with E-state index in [1.54, 1.807) is 13.2 Å². The van der Waals surface area contributed by atoms with E-state index >= 15 is 0 Å². The molecule has 1 unspecified atom stereocenters. The van der Waals surface area contributed by atoms with Crippen LogP contribution in [0.2, 0.25) is 0 Å². The van der Waals surface area contributed by atoms with Gasteiger partial charge < -0.3 is 9.64 Å². The fourth-order valence-corrected chi connectivity index (χ4v) is 3.98. The van der Waals surface area contributed by atoms with Gasteiger partial charge in [-0.1, -0.05) is 0 Å². The normalized spacial score (nSPS) is 20.8. The Kier molecular flexibility index (Phi) is 5.33. The molecule has 144 valence electrons. The molecule has 2 aromatic heterocycles. The van der Waals surface area contributed by atoms with Gasteiger partial charge in [-0.05, 0) is 32.2 Å². The summed E-state index contributed by atoms with van der Waals surface area (Å²) >= 11 is 0. The number of aromatic nitrogens is 4. The van der Waals surface area contributed by atoms with Crippen molar-refractivity contribution >= 4 is 5.95 Å². The summed E-state index contributed by atoms with van der Waals surface area (Å²) in [7, 11) is 1.56. The molecule has 0 aliphatic carbocycles. The van der Waals surface area contributed by atoms with Gasteiger partial charge in [-0.3, -0.25) is 14.7 Å². The standard InChI is InChI=1S/C19H26N6O2/c1-27-19-20-10-14(11-21-19)12-24-6-4-5-15(13-24)16-9-17(26)23-18(22-16)25-7-2-3-8-25/h9-11,15H,2-8,12-13H2,1H3,(H,22,23,26). The van der Waals surface area contributed by atoms with Crippen LogP contribution in [0.5, 0.6) is 6.01 Å². The van der Waals surface area contributed by atoms with Crippen molar-refractivity contribution in [1.82, 2.24) is 24.8 Å². The van der Waals surface area contributed by atoms with Crippen molar-refractivity contribution < 1.29 is 4.74 Å². The van der Waals surface area contributed by atoms with Crippen LogP contribution >= 0.6 is 0 Å². The third kappa shape index (κ3) is 4.27. The van der Waals surface area contributed by atoms with Gasteiger partial charge in [0.25, 0.3) is 5.56 Å². The number of likely N-dealkylation sites (tertiary alicyclic amines) is 1. The Labute approximate surface area is 158 Å². The van der Waals surface area contributed by atoms with Gasteiger partial charge in [-0.2, -0.15) is 0 Å². The molecule has 2 aromatic rings. The van der Waals surface area contributed by atoms with Crippen LogP contribution in [0.15, 0.2) is 23.3 Å². The largest absolute Gasteiger partial charge is 0.467 e. The van der Waals surface area contributed by atoms with Gasteiger partial charge in [0.2, 0.25) is 5.95 Å². The number of methoxy groups -OCH3 is 1. The van der Waals surface area contributed by atoms with E-state index in [0.29, 0.717) is 6.01 Å². The third-order valence-electron chi connectivity index (χ3n) is 5.35. The second-order valence-corrected chi connectivity index (χ2v) is 7.34. The van der Waals surface area contributed by atoms with Crippen LogP contribution in [0.1, 0.15) is 42.9 Å². The van der Waals surface area contributed by atoms with E-state index in [1.807, 2.05) is 12.4 Å². The van der Waals surface area contributed by atoms with Gasteiger partial charge in [0.1, 0.15) is 0 Å². The van der Waals surface area contributed by atoms with E-state index in [4.69, 9.17) is 9.72 Å². The Morgan fingerprint density at radius 3 is 2.70 bits per heavy atom. The number of rotatable bonds is 5. The molecule has 2 fully saturated rings. The number of anilines is 1. The zero-order valence-corrected chi connectivity index (χ0v) is 15.7. The topological polar surface area (TPSA) is 87.2 Å². The molecule has 0 aromatic carbocycles. The zero-order chi connectivity index (χ0) is 18.6. The summed E-state index contributed by atoms with van der Waals surface area (Å²) in [6.07, 6.45) is 8.10. The van der Waals surface area contributed by atoms with Crippen LogP contribution in [-0.2, 0) is 6.54 Å². The van der Waals surface area contributed by atoms with Crippen LogP contribution < -0.4 is 15.2 Å². The highest BCUT2D eigenvalue weighted by molar-refractivity contribution is 5.32. The number of H-pyrrole nitrogens is 1. The highest BCUT2D eigenvalue weighted by Crippen LogP contribution is 2.27. The van der Waals surface area contributed by atoms with E-state index in [0.717, 1.165) is 75.6 Å². The van der Waals surface area contributed by atoms with Crippen LogP contribution in [0, 0.1) is 0 Å². The third-order valence-corrected chi connectivity index (χ3v) is 5.35. The molecular formula is C19H26N6O2. The Morgan fingerprint density at radius 1 is 1.19 bits per heavy atom. The van der Waals surface area contributed by atoms with Gasteiger partial charge in [0.05, 0.1) is 12.8 Å². The fraction of sp³-hybridized carbons (Fsp3) is 0.579. The van der Waals surface area contributed by atoms with Crippen molar-refractivity contribution in [3.05, 3.63) is 40.1 Å². The van der Waals surface area contributed by atoms with Crippen LogP contribution in [0.4, 0.5) is 5.95 Å². The molecule has 27 heavy (non-hydrogen) atoms. The molecule has 0 spiro atoms. The molecule has 0 amide bonds. The highest BCUT2D eigenvalue weighted by Gasteiger charge is 2.24. The number of hydrogen-bond acceptors (Lipinski definition) is 7. The number of aromatic amines is 1. The Bertz CT molecular complexity index is 816. The molecule has 2 aliphatic rings. The smallest absolute Gasteiger partial charge is 0.316 e. The molecule has 2 aliphatic heterocycles. The van der Waals surface area contributed by atoms with Crippen molar-refractivity contribution in [2.45, 2.75) is 38.1 Å². The van der Waals surface area contributed by atoms with Crippen molar-refractivity contribution in [2.75, 3.05) is 38.2 Å². The summed E-state index contributed by atoms with van der Waals surface area (Å²) < 4.78 is 5.02. The monoisotopic (exact) mass is 370 g/mol. The molecule has 1 atom stereocenters. The average molecular weight is 370 g/mol. The predicted molar refractivity (Wildman–Crippen MR) is 102 cm³/mol. The molecule has 1 N–H and O–H groups in total. The predicted octanol–water partition coefficient (Wildman–Crippen LogP) is 1.55. The van der Waals surface area contributed by atoms with Gasteiger partial charge in [-0.25, -0.2) is 15.0 Å². The lowest BCUT2D eigenvalue weighted by Crippen LogP contribution is -2.35. The number of ether oxygens (including phenoxy) is 1. The minimum atomic E-state index is -0.0532. The van der Waals surface area contributed by atoms with E-state index in [-0.39, 0.29) is 11.5 Å². The summed E-state index contributed by atoms with van der Waals surface area (Å²) in [6.45, 7) is 4.66. The number of nitrogens with zero attached hydrogens (tertiary/aromatic N) is 5. The van der Waals surface area contributed by atoms with E-state index < -0.39 is 0 Å². The van der Waals surface area contributed by atoms with Gasteiger partial charge in [-0.15, -0.1) is 0 Å². The number of piperidine rings is 1. The quantitative estimate of drug-likeness (QED) is 0.854. The maximum atomic E-state index is 12.2. The Morgan fingerprint density at radius 2 is 1.96 bits per heavy atom. The van der Waals surface area contributed by atoms with E-state index in [1.165, 1.54) is 0 Å². The van der Waals surface area contributed by atoms with Crippen LogP contribution in [0.3, 0.4) is 0 Å². The van der Waals surface area contributed by atoms with Crippen molar-refractivity contribution in [2.24, 2.45) is 0 Å². The second kappa shape index (κ2) is 8.04. The van der Waals surface area contributed by atoms with Crippen molar-refractivity contribution in [3.63, 3.8) is 0 Å². The summed E-state index contributed by atoms with van der Waals surface area (Å²) in [5, 5.41) is 0. The molecule has 8 nitrogen and oxygen atoms in total.